The summed E-state index contributed by atoms with van der Waals surface area (Å²) in [6, 6.07) is 18.0. The summed E-state index contributed by atoms with van der Waals surface area (Å²) in [5, 5.41) is 0. The fourth-order valence-corrected chi connectivity index (χ4v) is 2.50. The SMILES string of the molecule is CC.CC.O=S(=O)(c1cc[c-]cc1)c1cc[c-]cc1.[Y].[Y]. The van der Waals surface area contributed by atoms with Crippen LogP contribution in [0.15, 0.2) is 58.3 Å². The van der Waals surface area contributed by atoms with Gasteiger partial charge in [0.1, 0.15) is 0 Å². The number of hydrogen-bond acceptors (Lipinski definition) is 2. The van der Waals surface area contributed by atoms with Crippen LogP contribution in [0.2, 0.25) is 0 Å². The van der Waals surface area contributed by atoms with Crippen LogP contribution in [0.1, 0.15) is 27.7 Å². The smallest absolute Gasteiger partial charge is 0.161 e. The molecular formula is C16H20O2SY2-2. The summed E-state index contributed by atoms with van der Waals surface area (Å²) in [6.45, 7) is 8.00. The second kappa shape index (κ2) is 15.5. The van der Waals surface area contributed by atoms with Crippen LogP contribution in [-0.4, -0.2) is 8.42 Å². The molecule has 0 saturated carbocycles. The van der Waals surface area contributed by atoms with Crippen molar-refractivity contribution in [2.24, 2.45) is 0 Å². The van der Waals surface area contributed by atoms with Crippen molar-refractivity contribution in [1.29, 1.82) is 0 Å². The van der Waals surface area contributed by atoms with Crippen molar-refractivity contribution in [1.82, 2.24) is 0 Å². The molecule has 0 spiro atoms. The monoisotopic (exact) mass is 454 g/mol. The molecule has 5 heteroatoms. The second-order valence-electron chi connectivity index (χ2n) is 2.97. The van der Waals surface area contributed by atoms with Gasteiger partial charge in [0, 0.05) is 65.4 Å². The van der Waals surface area contributed by atoms with E-state index in [0.717, 1.165) is 0 Å². The van der Waals surface area contributed by atoms with E-state index < -0.39 is 9.84 Å². The molecule has 0 aliphatic heterocycles. The zero-order valence-electron chi connectivity index (χ0n) is 13.0. The molecule has 2 aromatic rings. The van der Waals surface area contributed by atoms with Crippen molar-refractivity contribution in [3.05, 3.63) is 60.7 Å². The van der Waals surface area contributed by atoms with E-state index >= 15 is 0 Å². The Morgan fingerprint density at radius 3 is 1.14 bits per heavy atom. The average Bonchev–Trinajstić information content (AvgIpc) is 2.53. The Labute approximate surface area is 179 Å². The number of hydrogen-bond donors (Lipinski definition) is 0. The summed E-state index contributed by atoms with van der Waals surface area (Å²) in [4.78, 5) is 0.569. The molecular weight excluding hydrogens is 434 g/mol. The van der Waals surface area contributed by atoms with Gasteiger partial charge in [0.05, 0.1) is 0 Å². The molecule has 0 heterocycles. The number of sulfone groups is 1. The second-order valence-corrected chi connectivity index (χ2v) is 4.92. The van der Waals surface area contributed by atoms with Crippen molar-refractivity contribution < 1.29 is 73.8 Å². The van der Waals surface area contributed by atoms with Crippen LogP contribution in [0.5, 0.6) is 0 Å². The molecule has 2 rings (SSSR count). The first-order chi connectivity index (χ1) is 9.21. The van der Waals surface area contributed by atoms with E-state index in [0.29, 0.717) is 0 Å². The zero-order chi connectivity index (χ0) is 14.7. The van der Waals surface area contributed by atoms with Gasteiger partial charge in [-0.1, -0.05) is 27.7 Å². The third kappa shape index (κ3) is 8.71. The third-order valence-corrected chi connectivity index (χ3v) is 3.78. The molecule has 0 atom stereocenters. The van der Waals surface area contributed by atoms with E-state index in [2.05, 4.69) is 12.1 Å². The van der Waals surface area contributed by atoms with E-state index in [1.165, 1.54) is 24.3 Å². The van der Waals surface area contributed by atoms with E-state index in [9.17, 15) is 8.42 Å². The maximum absolute atomic E-state index is 12.0. The zero-order valence-corrected chi connectivity index (χ0v) is 19.5. The van der Waals surface area contributed by atoms with Gasteiger partial charge < -0.3 is 0 Å². The molecule has 2 nitrogen and oxygen atoms in total. The Kier molecular flexibility index (Phi) is 19.5. The molecule has 0 aromatic heterocycles. The van der Waals surface area contributed by atoms with E-state index in [1.54, 1.807) is 24.3 Å². The molecule has 0 fully saturated rings. The molecule has 0 aliphatic rings. The van der Waals surface area contributed by atoms with Crippen molar-refractivity contribution in [3.63, 3.8) is 0 Å². The fourth-order valence-electron chi connectivity index (χ4n) is 1.24. The molecule has 0 saturated heterocycles. The standard InChI is InChI=1S/C12H8O2S.2C2H6.2Y/c13-15(14,11-7-3-1-4-8-11)12-9-5-2-6-10-12;2*1-2;;/h3-10H;2*1-2H3;;/q-2;;;;. The minimum absolute atomic E-state index is 0. The van der Waals surface area contributed by atoms with Crippen LogP contribution >= 0.6 is 0 Å². The van der Waals surface area contributed by atoms with Crippen LogP contribution in [0.3, 0.4) is 0 Å². The first-order valence-corrected chi connectivity index (χ1v) is 7.87. The van der Waals surface area contributed by atoms with Gasteiger partial charge in [0.2, 0.25) is 0 Å². The van der Waals surface area contributed by atoms with Gasteiger partial charge in [0.15, 0.2) is 9.84 Å². The van der Waals surface area contributed by atoms with Crippen LogP contribution in [-0.2, 0) is 75.3 Å². The summed E-state index contributed by atoms with van der Waals surface area (Å²) in [6.07, 6.45) is 0. The first-order valence-electron chi connectivity index (χ1n) is 6.38. The van der Waals surface area contributed by atoms with E-state index in [4.69, 9.17) is 0 Å². The molecule has 21 heavy (non-hydrogen) atoms. The van der Waals surface area contributed by atoms with Crippen molar-refractivity contribution in [2.75, 3.05) is 0 Å². The number of benzene rings is 2. The van der Waals surface area contributed by atoms with E-state index in [-0.39, 0.29) is 75.2 Å². The predicted octanol–water partition coefficient (Wildman–Crippen LogP) is 4.17. The fraction of sp³-hybridized carbons (Fsp3) is 0.250. The van der Waals surface area contributed by atoms with Gasteiger partial charge >= 0.3 is 0 Å². The quantitative estimate of drug-likeness (QED) is 0.639. The molecule has 0 bridgehead atoms. The Bertz CT molecular complexity index is 496. The molecule has 0 unspecified atom stereocenters. The minimum atomic E-state index is -3.38. The summed E-state index contributed by atoms with van der Waals surface area (Å²) in [5.74, 6) is 0. The topological polar surface area (TPSA) is 34.1 Å². The number of rotatable bonds is 2. The normalized spacial score (nSPS) is 8.57. The van der Waals surface area contributed by atoms with Gasteiger partial charge in [-0.3, -0.25) is 0 Å². The van der Waals surface area contributed by atoms with Crippen LogP contribution in [0.4, 0.5) is 0 Å². The largest absolute Gasteiger partial charge is 0.223 e. The van der Waals surface area contributed by atoms with Crippen molar-refractivity contribution in [3.8, 4) is 0 Å². The Morgan fingerprint density at radius 2 is 0.905 bits per heavy atom. The molecule has 0 aliphatic carbocycles. The van der Waals surface area contributed by atoms with Gasteiger partial charge in [-0.2, -0.15) is 60.7 Å². The van der Waals surface area contributed by atoms with Gasteiger partial charge in [-0.25, -0.2) is 8.42 Å². The molecule has 110 valence electrons. The first kappa shape index (κ1) is 26.5. The Balaban J connectivity index is -0.000000499. The maximum atomic E-state index is 12.0. The minimum Gasteiger partial charge on any atom is -0.223 e. The maximum Gasteiger partial charge on any atom is 0.161 e. The van der Waals surface area contributed by atoms with Gasteiger partial charge in [0.25, 0.3) is 0 Å². The van der Waals surface area contributed by atoms with Crippen molar-refractivity contribution >= 4 is 9.84 Å². The molecule has 2 radical (unpaired) electrons. The average molecular weight is 454 g/mol. The van der Waals surface area contributed by atoms with Crippen molar-refractivity contribution in [2.45, 2.75) is 37.5 Å². The van der Waals surface area contributed by atoms with E-state index in [1.807, 2.05) is 27.7 Å². The molecule has 0 N–H and O–H groups in total. The Morgan fingerprint density at radius 1 is 0.667 bits per heavy atom. The van der Waals surface area contributed by atoms with Gasteiger partial charge in [-0.05, 0) is 9.79 Å². The molecule has 2 aromatic carbocycles. The Hall–Kier alpha value is 0.598. The van der Waals surface area contributed by atoms with Crippen LogP contribution in [0, 0.1) is 12.1 Å². The van der Waals surface area contributed by atoms with Crippen LogP contribution in [0.25, 0.3) is 0 Å². The summed E-state index contributed by atoms with van der Waals surface area (Å²) in [7, 11) is -3.38. The summed E-state index contributed by atoms with van der Waals surface area (Å²) >= 11 is 0. The summed E-state index contributed by atoms with van der Waals surface area (Å²) < 4.78 is 24.0. The summed E-state index contributed by atoms with van der Waals surface area (Å²) in [5.41, 5.74) is 0. The molecule has 0 amide bonds. The van der Waals surface area contributed by atoms with Gasteiger partial charge in [-0.15, -0.1) is 0 Å². The predicted molar refractivity (Wildman–Crippen MR) is 78.7 cm³/mol. The van der Waals surface area contributed by atoms with Crippen LogP contribution < -0.4 is 0 Å². The third-order valence-electron chi connectivity index (χ3n) is 2.00.